The molecule has 0 aliphatic heterocycles. The number of ether oxygens (including phenoxy) is 1. The molecule has 0 radical (unpaired) electrons. The van der Waals surface area contributed by atoms with Crippen molar-refractivity contribution in [3.05, 3.63) is 36.1 Å². The Labute approximate surface area is 118 Å². The average molecular weight is 295 g/mol. The minimum Gasteiger partial charge on any atom is -0.458 e. The molecule has 1 N–H and O–H groups in total. The number of hydrogen-bond acceptors (Lipinski definition) is 4. The first-order chi connectivity index (χ1) is 9.60. The van der Waals surface area contributed by atoms with Crippen molar-refractivity contribution >= 4 is 21.0 Å². The second-order valence-corrected chi connectivity index (χ2v) is 7.05. The minimum atomic E-state index is -3.20. The van der Waals surface area contributed by atoms with Crippen LogP contribution in [0.3, 0.4) is 0 Å². The highest BCUT2D eigenvalue weighted by atomic mass is 32.2. The number of furan rings is 1. The summed E-state index contributed by atoms with van der Waals surface area (Å²) in [6.45, 7) is 0.190. The van der Waals surface area contributed by atoms with Crippen LogP contribution in [-0.2, 0) is 14.8 Å². The molecule has 20 heavy (non-hydrogen) atoms. The van der Waals surface area contributed by atoms with E-state index >= 15 is 0 Å². The van der Waals surface area contributed by atoms with E-state index in [0.29, 0.717) is 5.76 Å². The van der Waals surface area contributed by atoms with E-state index in [1.807, 2.05) is 30.3 Å². The van der Waals surface area contributed by atoms with Crippen LogP contribution in [-0.4, -0.2) is 27.3 Å². The van der Waals surface area contributed by atoms with E-state index in [0.717, 1.165) is 23.8 Å². The zero-order chi connectivity index (χ0) is 14.2. The van der Waals surface area contributed by atoms with Crippen LogP contribution in [0, 0.1) is 0 Å². The summed E-state index contributed by atoms with van der Waals surface area (Å²) in [5.41, 5.74) is 0.773. The van der Waals surface area contributed by atoms with Gasteiger partial charge >= 0.3 is 0 Å². The lowest BCUT2D eigenvalue weighted by Gasteiger charge is -2.13. The smallest absolute Gasteiger partial charge is 0.214 e. The molecular formula is C14H17NO4S. The number of benzene rings is 1. The van der Waals surface area contributed by atoms with E-state index in [-0.39, 0.29) is 11.8 Å². The van der Waals surface area contributed by atoms with Gasteiger partial charge < -0.3 is 9.15 Å². The van der Waals surface area contributed by atoms with Gasteiger partial charge in [-0.15, -0.1) is 0 Å². The van der Waals surface area contributed by atoms with Gasteiger partial charge in [0.05, 0.1) is 5.25 Å². The Kier molecular flexibility index (Phi) is 3.54. The third-order valence-electron chi connectivity index (χ3n) is 3.48. The molecule has 3 rings (SSSR count). The number of sulfonamides is 1. The van der Waals surface area contributed by atoms with Gasteiger partial charge in [0.25, 0.3) is 0 Å². The van der Waals surface area contributed by atoms with Crippen LogP contribution in [0.5, 0.6) is 0 Å². The molecule has 1 atom stereocenters. The van der Waals surface area contributed by atoms with Crippen LogP contribution >= 0.6 is 0 Å². The molecule has 1 aromatic heterocycles. The number of fused-ring (bicyclic) bond motifs is 1. The number of hydrogen-bond donors (Lipinski definition) is 1. The Morgan fingerprint density at radius 1 is 1.40 bits per heavy atom. The van der Waals surface area contributed by atoms with E-state index in [4.69, 9.17) is 9.15 Å². The number of para-hydroxylation sites is 1. The van der Waals surface area contributed by atoms with Crippen molar-refractivity contribution < 1.29 is 17.6 Å². The van der Waals surface area contributed by atoms with Gasteiger partial charge in [0.1, 0.15) is 17.4 Å². The fourth-order valence-electron chi connectivity index (χ4n) is 2.15. The Hall–Kier alpha value is -1.37. The molecule has 0 bridgehead atoms. The quantitative estimate of drug-likeness (QED) is 0.887. The van der Waals surface area contributed by atoms with Crippen LogP contribution < -0.4 is 4.72 Å². The summed E-state index contributed by atoms with van der Waals surface area (Å²) < 4.78 is 37.3. The van der Waals surface area contributed by atoms with Crippen molar-refractivity contribution in [2.75, 3.05) is 13.7 Å². The molecule has 1 aliphatic rings. The lowest BCUT2D eigenvalue weighted by molar-refractivity contribution is 0.0893. The standard InChI is InChI=1S/C14H17NO4S/c1-18-14(9-15-20(16,17)11-6-7-11)13-8-10-4-2-3-5-12(10)19-13/h2-5,8,11,14-15H,6-7,9H2,1H3/t14-/m1/s1. The summed E-state index contributed by atoms with van der Waals surface area (Å²) in [5, 5.41) is 0.755. The second-order valence-electron chi connectivity index (χ2n) is 5.00. The Morgan fingerprint density at radius 3 is 2.80 bits per heavy atom. The van der Waals surface area contributed by atoms with Gasteiger partial charge in [-0.05, 0) is 25.0 Å². The molecule has 1 aromatic carbocycles. The average Bonchev–Trinajstić information content (AvgIpc) is 3.20. The van der Waals surface area contributed by atoms with Crippen LogP contribution in [0.1, 0.15) is 24.7 Å². The van der Waals surface area contributed by atoms with Crippen LogP contribution in [0.4, 0.5) is 0 Å². The van der Waals surface area contributed by atoms with E-state index in [2.05, 4.69) is 4.72 Å². The Bertz CT molecular complexity index is 670. The molecule has 0 unspecified atom stereocenters. The molecular weight excluding hydrogens is 278 g/mol. The Morgan fingerprint density at radius 2 is 2.15 bits per heavy atom. The Balaban J connectivity index is 1.75. The SMILES string of the molecule is CO[C@H](CNS(=O)(=O)C1CC1)c1cc2ccccc2o1. The molecule has 108 valence electrons. The first-order valence-electron chi connectivity index (χ1n) is 6.60. The molecule has 1 fully saturated rings. The van der Waals surface area contributed by atoms with Crippen molar-refractivity contribution in [1.82, 2.24) is 4.72 Å². The molecule has 1 heterocycles. The summed E-state index contributed by atoms with van der Waals surface area (Å²) >= 11 is 0. The van der Waals surface area contributed by atoms with Gasteiger partial charge in [-0.1, -0.05) is 18.2 Å². The largest absolute Gasteiger partial charge is 0.458 e. The topological polar surface area (TPSA) is 68.5 Å². The molecule has 0 amide bonds. The highest BCUT2D eigenvalue weighted by Gasteiger charge is 2.36. The van der Waals surface area contributed by atoms with Crippen LogP contribution in [0.15, 0.2) is 34.7 Å². The molecule has 1 saturated carbocycles. The van der Waals surface area contributed by atoms with Gasteiger partial charge in [0.2, 0.25) is 10.0 Å². The third kappa shape index (κ3) is 2.72. The third-order valence-corrected chi connectivity index (χ3v) is 5.40. The molecule has 5 nitrogen and oxygen atoms in total. The molecule has 2 aromatic rings. The molecule has 0 spiro atoms. The maximum absolute atomic E-state index is 11.8. The normalized spacial score (nSPS) is 17.4. The van der Waals surface area contributed by atoms with Gasteiger partial charge in [0, 0.05) is 19.0 Å². The summed E-state index contributed by atoms with van der Waals surface area (Å²) in [7, 11) is -1.66. The minimum absolute atomic E-state index is 0.190. The van der Waals surface area contributed by atoms with Crippen molar-refractivity contribution in [2.24, 2.45) is 0 Å². The number of nitrogens with one attached hydrogen (secondary N) is 1. The van der Waals surface area contributed by atoms with Crippen LogP contribution in [0.25, 0.3) is 11.0 Å². The van der Waals surface area contributed by atoms with Gasteiger partial charge in [-0.25, -0.2) is 13.1 Å². The maximum atomic E-state index is 11.8. The van der Waals surface area contributed by atoms with Crippen molar-refractivity contribution in [3.63, 3.8) is 0 Å². The molecule has 0 saturated heterocycles. The van der Waals surface area contributed by atoms with E-state index in [1.54, 1.807) is 7.11 Å². The monoisotopic (exact) mass is 295 g/mol. The fraction of sp³-hybridized carbons (Fsp3) is 0.429. The van der Waals surface area contributed by atoms with Crippen molar-refractivity contribution in [3.8, 4) is 0 Å². The van der Waals surface area contributed by atoms with E-state index in [9.17, 15) is 8.42 Å². The highest BCUT2D eigenvalue weighted by molar-refractivity contribution is 7.90. The van der Waals surface area contributed by atoms with Crippen molar-refractivity contribution in [1.29, 1.82) is 0 Å². The van der Waals surface area contributed by atoms with Crippen LogP contribution in [0.2, 0.25) is 0 Å². The van der Waals surface area contributed by atoms with E-state index in [1.165, 1.54) is 0 Å². The number of rotatable bonds is 6. The lowest BCUT2D eigenvalue weighted by Crippen LogP contribution is -2.31. The predicted octanol–water partition coefficient (Wildman–Crippen LogP) is 2.20. The fourth-order valence-corrected chi connectivity index (χ4v) is 3.53. The summed E-state index contributed by atoms with van der Waals surface area (Å²) in [6.07, 6.45) is 1.07. The lowest BCUT2D eigenvalue weighted by atomic mass is 10.2. The van der Waals surface area contributed by atoms with Gasteiger partial charge in [0.15, 0.2) is 0 Å². The first-order valence-corrected chi connectivity index (χ1v) is 8.14. The summed E-state index contributed by atoms with van der Waals surface area (Å²) in [5.74, 6) is 0.632. The molecule has 6 heteroatoms. The summed E-state index contributed by atoms with van der Waals surface area (Å²) in [6, 6.07) is 9.53. The van der Waals surface area contributed by atoms with Gasteiger partial charge in [-0.3, -0.25) is 0 Å². The first kappa shape index (κ1) is 13.6. The highest BCUT2D eigenvalue weighted by Crippen LogP contribution is 2.29. The second kappa shape index (κ2) is 5.20. The zero-order valence-corrected chi connectivity index (χ0v) is 12.0. The number of methoxy groups -OCH3 is 1. The summed E-state index contributed by atoms with van der Waals surface area (Å²) in [4.78, 5) is 0. The van der Waals surface area contributed by atoms with Crippen molar-refractivity contribution in [2.45, 2.75) is 24.2 Å². The van der Waals surface area contributed by atoms with E-state index < -0.39 is 16.1 Å². The predicted molar refractivity (Wildman–Crippen MR) is 75.9 cm³/mol. The molecule has 1 aliphatic carbocycles. The van der Waals surface area contributed by atoms with Gasteiger partial charge in [-0.2, -0.15) is 0 Å². The maximum Gasteiger partial charge on any atom is 0.214 e. The zero-order valence-electron chi connectivity index (χ0n) is 11.2.